The fourth-order valence-corrected chi connectivity index (χ4v) is 6.35. The van der Waals surface area contributed by atoms with E-state index in [1.807, 2.05) is 56.5 Å². The van der Waals surface area contributed by atoms with Crippen LogP contribution in [0.25, 0.3) is 21.9 Å². The fraction of sp³-hybridized carbons (Fsp3) is 0.433. The van der Waals surface area contributed by atoms with Gasteiger partial charge < -0.3 is 24.3 Å². The van der Waals surface area contributed by atoms with Gasteiger partial charge in [-0.05, 0) is 63.9 Å². The number of benzene rings is 2. The maximum Gasteiger partial charge on any atom is 0.459 e. The highest BCUT2D eigenvalue weighted by Gasteiger charge is 2.34. The molecule has 4 aromatic rings. The van der Waals surface area contributed by atoms with Gasteiger partial charge in [-0.1, -0.05) is 43.6 Å². The number of nitrogens with zero attached hydrogens (tertiary/aromatic N) is 3. The minimum absolute atomic E-state index is 0.0761. The van der Waals surface area contributed by atoms with Crippen LogP contribution in [0.2, 0.25) is 5.02 Å². The zero-order valence-electron chi connectivity index (χ0n) is 25.1. The summed E-state index contributed by atoms with van der Waals surface area (Å²) < 4.78 is 39.3. The van der Waals surface area contributed by atoms with Gasteiger partial charge in [-0.25, -0.2) is 14.5 Å². The molecule has 11 nitrogen and oxygen atoms in total. The van der Waals surface area contributed by atoms with Crippen molar-refractivity contribution in [3.8, 4) is 5.75 Å². The van der Waals surface area contributed by atoms with E-state index in [-0.39, 0.29) is 25.1 Å². The number of para-hydroxylation sites is 1. The first kappa shape index (κ1) is 32.7. The predicted molar refractivity (Wildman–Crippen MR) is 168 cm³/mol. The van der Waals surface area contributed by atoms with Crippen LogP contribution >= 0.6 is 19.3 Å². The number of nitrogens with two attached hydrogens (primary N) is 1. The Hall–Kier alpha value is -3.21. The number of carbonyl (C=O) groups is 1. The average Bonchev–Trinajstić information content (AvgIpc) is 3.39. The van der Waals surface area contributed by atoms with Gasteiger partial charge in [-0.15, -0.1) is 0 Å². The molecule has 1 unspecified atom stereocenters. The molecule has 0 aliphatic carbocycles. The highest BCUT2D eigenvalue weighted by Crippen LogP contribution is 2.46. The lowest BCUT2D eigenvalue weighted by Crippen LogP contribution is -2.37. The summed E-state index contributed by atoms with van der Waals surface area (Å²) in [5, 5.41) is 4.10. The van der Waals surface area contributed by atoms with Gasteiger partial charge in [-0.2, -0.15) is 5.09 Å². The standard InChI is InChI=1S/C30H39ClN5O6P/c1-6-22(7-2)41-30(37)20(5)35-43(38,42-23-15-13-21(31)14-16-23)40-17-19(4)36-26(18-39-8-3)34-27-28(36)24-11-9-10-12-25(24)33-29(27)32/h9-16,19-20,22H,6-8,17-18H2,1-5H3,(H2,32,33)(H,35,38)/t19-,20-,43?/m0/s1. The Morgan fingerprint density at radius 3 is 2.44 bits per heavy atom. The number of hydrogen-bond donors (Lipinski definition) is 2. The van der Waals surface area contributed by atoms with Crippen LogP contribution < -0.4 is 15.3 Å². The summed E-state index contributed by atoms with van der Waals surface area (Å²) in [6.45, 7) is 9.86. The van der Waals surface area contributed by atoms with Crippen LogP contribution in [0.3, 0.4) is 0 Å². The Morgan fingerprint density at radius 2 is 1.77 bits per heavy atom. The second kappa shape index (κ2) is 14.5. The molecule has 2 aromatic carbocycles. The highest BCUT2D eigenvalue weighted by atomic mass is 35.5. The monoisotopic (exact) mass is 631 g/mol. The van der Waals surface area contributed by atoms with Crippen molar-refractivity contribution < 1.29 is 27.9 Å². The zero-order valence-corrected chi connectivity index (χ0v) is 26.7. The van der Waals surface area contributed by atoms with E-state index in [0.717, 1.165) is 10.9 Å². The number of esters is 1. The smallest absolute Gasteiger partial charge is 0.459 e. The molecule has 43 heavy (non-hydrogen) atoms. The molecule has 4 rings (SSSR count). The van der Waals surface area contributed by atoms with E-state index >= 15 is 0 Å². The molecular formula is C30H39ClN5O6P. The molecule has 2 heterocycles. The third-order valence-corrected chi connectivity index (χ3v) is 8.82. The zero-order chi connectivity index (χ0) is 31.1. The number of anilines is 1. The van der Waals surface area contributed by atoms with Gasteiger partial charge in [0.15, 0.2) is 5.82 Å². The van der Waals surface area contributed by atoms with Crippen LogP contribution in [0, 0.1) is 0 Å². The number of pyridine rings is 1. The number of nitrogens with one attached hydrogen (secondary N) is 1. The molecule has 0 amide bonds. The number of imidazole rings is 1. The Bertz CT molecular complexity index is 1590. The first-order valence-corrected chi connectivity index (χ1v) is 16.3. The summed E-state index contributed by atoms with van der Waals surface area (Å²) in [5.74, 6) is 0.602. The number of carbonyl (C=O) groups excluding carboxylic acids is 1. The molecule has 3 N–H and O–H groups in total. The third-order valence-electron chi connectivity index (χ3n) is 6.93. The fourth-order valence-electron chi connectivity index (χ4n) is 4.66. The van der Waals surface area contributed by atoms with Gasteiger partial charge in [0.2, 0.25) is 0 Å². The number of rotatable bonds is 15. The average molecular weight is 632 g/mol. The number of fused-ring (bicyclic) bond motifs is 3. The van der Waals surface area contributed by atoms with Crippen molar-refractivity contribution in [3.05, 3.63) is 59.4 Å². The van der Waals surface area contributed by atoms with E-state index in [4.69, 9.17) is 40.8 Å². The normalized spacial score (nSPS) is 14.6. The van der Waals surface area contributed by atoms with Crippen molar-refractivity contribution in [1.29, 1.82) is 0 Å². The maximum absolute atomic E-state index is 14.2. The topological polar surface area (TPSA) is 140 Å². The predicted octanol–water partition coefficient (Wildman–Crippen LogP) is 6.83. The number of ether oxygens (including phenoxy) is 2. The summed E-state index contributed by atoms with van der Waals surface area (Å²) in [5.41, 5.74) is 8.34. The molecule has 3 atom stereocenters. The molecular weight excluding hydrogens is 593 g/mol. The number of aromatic nitrogens is 3. The summed E-state index contributed by atoms with van der Waals surface area (Å²) in [7, 11) is -4.13. The summed E-state index contributed by atoms with van der Waals surface area (Å²) in [6, 6.07) is 12.6. The van der Waals surface area contributed by atoms with Crippen LogP contribution in [0.5, 0.6) is 5.75 Å². The molecule has 0 spiro atoms. The van der Waals surface area contributed by atoms with Crippen LogP contribution in [-0.4, -0.2) is 45.9 Å². The first-order chi connectivity index (χ1) is 20.6. The molecule has 0 saturated heterocycles. The van der Waals surface area contributed by atoms with Gasteiger partial charge >= 0.3 is 13.7 Å². The van der Waals surface area contributed by atoms with Crippen molar-refractivity contribution in [2.45, 2.75) is 72.3 Å². The van der Waals surface area contributed by atoms with Gasteiger partial charge in [-0.3, -0.25) is 9.32 Å². The maximum atomic E-state index is 14.2. The van der Waals surface area contributed by atoms with Crippen LogP contribution in [0.4, 0.5) is 5.82 Å². The molecule has 0 saturated carbocycles. The Kier molecular flexibility index (Phi) is 11.0. The van der Waals surface area contributed by atoms with E-state index in [0.29, 0.717) is 47.1 Å². The van der Waals surface area contributed by atoms with Crippen LogP contribution in [-0.2, 0) is 30.0 Å². The van der Waals surface area contributed by atoms with Gasteiger partial charge in [0, 0.05) is 17.0 Å². The van der Waals surface area contributed by atoms with E-state index in [1.54, 1.807) is 31.2 Å². The second-order valence-corrected chi connectivity index (χ2v) is 12.3. The highest BCUT2D eigenvalue weighted by molar-refractivity contribution is 7.52. The SMILES string of the molecule is CCOCc1nc2c(N)nc3ccccc3c2n1[C@@H](C)COP(=O)(N[C@@H](C)C(=O)OC(CC)CC)Oc1ccc(Cl)cc1. The molecule has 0 aliphatic heterocycles. The minimum atomic E-state index is -4.13. The van der Waals surface area contributed by atoms with Gasteiger partial charge in [0.05, 0.1) is 23.7 Å². The summed E-state index contributed by atoms with van der Waals surface area (Å²) >= 11 is 6.03. The molecule has 0 bridgehead atoms. The summed E-state index contributed by atoms with van der Waals surface area (Å²) in [6.07, 6.45) is 1.09. The van der Waals surface area contributed by atoms with E-state index < -0.39 is 25.8 Å². The molecule has 0 aliphatic rings. The number of nitrogen functional groups attached to an aromatic ring is 1. The van der Waals surface area contributed by atoms with E-state index in [1.165, 1.54) is 0 Å². The second-order valence-electron chi connectivity index (χ2n) is 10.2. The molecule has 13 heteroatoms. The van der Waals surface area contributed by atoms with Crippen molar-refractivity contribution in [1.82, 2.24) is 19.6 Å². The van der Waals surface area contributed by atoms with Crippen molar-refractivity contribution in [3.63, 3.8) is 0 Å². The van der Waals surface area contributed by atoms with Crippen molar-refractivity contribution in [2.24, 2.45) is 0 Å². The lowest BCUT2D eigenvalue weighted by molar-refractivity contribution is -0.151. The van der Waals surface area contributed by atoms with E-state index in [9.17, 15) is 9.36 Å². The van der Waals surface area contributed by atoms with Gasteiger partial charge in [0.25, 0.3) is 0 Å². The largest absolute Gasteiger partial charge is 0.461 e. The molecule has 0 fully saturated rings. The molecule has 0 radical (unpaired) electrons. The van der Waals surface area contributed by atoms with E-state index in [2.05, 4.69) is 10.1 Å². The summed E-state index contributed by atoms with van der Waals surface area (Å²) in [4.78, 5) is 22.1. The first-order valence-electron chi connectivity index (χ1n) is 14.4. The Labute approximate surface area is 256 Å². The van der Waals surface area contributed by atoms with Crippen LogP contribution in [0.15, 0.2) is 48.5 Å². The number of hydrogen-bond acceptors (Lipinski definition) is 9. The lowest BCUT2D eigenvalue weighted by atomic mass is 10.1. The molecule has 2 aromatic heterocycles. The third kappa shape index (κ3) is 7.85. The molecule has 232 valence electrons. The van der Waals surface area contributed by atoms with Crippen molar-refractivity contribution in [2.75, 3.05) is 18.9 Å². The van der Waals surface area contributed by atoms with Crippen LogP contribution in [0.1, 0.15) is 59.3 Å². The lowest BCUT2D eigenvalue weighted by Gasteiger charge is -2.26. The Morgan fingerprint density at radius 1 is 1.07 bits per heavy atom. The van der Waals surface area contributed by atoms with Crippen molar-refractivity contribution >= 4 is 53.1 Å². The quantitative estimate of drug-likeness (QED) is 0.106. The number of halogens is 1. The Balaban J connectivity index is 1.66. The minimum Gasteiger partial charge on any atom is -0.461 e. The van der Waals surface area contributed by atoms with Gasteiger partial charge in [0.1, 0.15) is 35.8 Å².